The number of hydrogen-bond donors (Lipinski definition) is 1. The number of para-hydroxylation sites is 2. The number of thioether (sulfide) groups is 1. The van der Waals surface area contributed by atoms with Crippen molar-refractivity contribution in [1.29, 1.82) is 0 Å². The van der Waals surface area contributed by atoms with E-state index in [2.05, 4.69) is 156 Å². The summed E-state index contributed by atoms with van der Waals surface area (Å²) in [4.78, 5) is 46.9. The third kappa shape index (κ3) is 89.3. The number of nitrogens with zero attached hydrogens (tertiary/aromatic N) is 18. The summed E-state index contributed by atoms with van der Waals surface area (Å²) >= 11 is 1.99. The molecule has 14 rings (SSSR count). The minimum atomic E-state index is 0.759. The number of rotatable bonds is 0. The fourth-order valence-electron chi connectivity index (χ4n) is 6.80. The summed E-state index contributed by atoms with van der Waals surface area (Å²) in [6.45, 7) is 73.4. The lowest BCUT2D eigenvalue weighted by Crippen LogP contribution is -2.10. The number of benzene rings is 3. The molecular weight excluding hydrogens is 1430 g/mol. The zero-order valence-corrected chi connectivity index (χ0v) is 79.2. The van der Waals surface area contributed by atoms with E-state index in [0.717, 1.165) is 65.0 Å². The van der Waals surface area contributed by atoms with Crippen LogP contribution in [0.15, 0.2) is 214 Å². The molecule has 8 aromatic heterocycles. The Balaban J connectivity index is -0.000000111. The standard InChI is InChI=1S/C9H11N.C9H10O.C9H10S.C6H7N.4C5H6N2.3C4H5N3.14C2H6/c3*1-2-6-9-8(4-1)5-3-7-10-9;1-6-2-4-7-5-3-6;1-5-2-6-4-7-3-5;1-5-4-6-2-3-7-5;1-5-2-3-6-4-7-5;1-5-2-3-6-7-4-5;1-4-6-2-5-3-7-4;1-4-2-6-7-3-5-4;1-4-2-5-3-6-7-4;14*1-2/h1-2,4,6,10H,3,5,7H2;2*1-2,4,6H,3,5,7H2;2-5H,1H3;4*2-4H,1H3;3*2-3H,1H3;14*1-2H3. The molecule has 1 N–H and O–H groups in total. The van der Waals surface area contributed by atoms with E-state index in [1.807, 2.05) is 297 Å². The van der Waals surface area contributed by atoms with E-state index in [1.54, 1.807) is 79.9 Å². The van der Waals surface area contributed by atoms with Crippen molar-refractivity contribution in [3.05, 3.63) is 271 Å². The van der Waals surface area contributed by atoms with Gasteiger partial charge in [-0.15, -0.1) is 22.0 Å². The van der Waals surface area contributed by atoms with Crippen LogP contribution in [0.5, 0.6) is 5.75 Å². The molecule has 0 unspecified atom stereocenters. The summed E-state index contributed by atoms with van der Waals surface area (Å²) in [6.07, 6.45) is 36.9. The van der Waals surface area contributed by atoms with Gasteiger partial charge in [-0.2, -0.15) is 20.4 Å². The second-order valence-corrected chi connectivity index (χ2v) is 19.7. The first-order valence-corrected chi connectivity index (χ1v) is 42.8. The largest absolute Gasteiger partial charge is 0.493 e. The molecule has 0 bridgehead atoms. The van der Waals surface area contributed by atoms with Gasteiger partial charge in [0.25, 0.3) is 0 Å². The molecule has 3 aliphatic rings. The van der Waals surface area contributed by atoms with Crippen molar-refractivity contribution in [3.8, 4) is 5.75 Å². The highest BCUT2D eigenvalue weighted by Gasteiger charge is 2.08. The minimum absolute atomic E-state index is 0.759. The van der Waals surface area contributed by atoms with Crippen LogP contribution in [-0.4, -0.2) is 109 Å². The number of aryl methyl sites for hydroxylation is 11. The summed E-state index contributed by atoms with van der Waals surface area (Å²) < 4.78 is 5.42. The summed E-state index contributed by atoms with van der Waals surface area (Å²) in [5.41, 5.74) is 12.9. The van der Waals surface area contributed by atoms with Crippen molar-refractivity contribution in [2.45, 2.75) is 293 Å². The Morgan fingerprint density at radius 3 is 1.14 bits per heavy atom. The van der Waals surface area contributed by atoms with E-state index in [4.69, 9.17) is 4.74 Å². The normalized spacial score (nSPS) is 9.19. The van der Waals surface area contributed by atoms with Crippen molar-refractivity contribution in [2.75, 3.05) is 24.2 Å². The van der Waals surface area contributed by atoms with E-state index in [-0.39, 0.29) is 0 Å². The van der Waals surface area contributed by atoms with E-state index < -0.39 is 0 Å². The van der Waals surface area contributed by atoms with Crippen LogP contribution in [0.4, 0.5) is 5.69 Å². The molecule has 11 heterocycles. The smallest absolute Gasteiger partial charge is 0.138 e. The lowest BCUT2D eigenvalue weighted by molar-refractivity contribution is 0.288. The number of ether oxygens (including phenoxy) is 1. The highest BCUT2D eigenvalue weighted by molar-refractivity contribution is 7.99. The highest BCUT2D eigenvalue weighted by Crippen LogP contribution is 2.29. The maximum absolute atomic E-state index is 5.42. The summed E-state index contributed by atoms with van der Waals surface area (Å²) in [7, 11) is 0. The van der Waals surface area contributed by atoms with Gasteiger partial charge in [0.15, 0.2) is 0 Å². The number of hydrogen-bond acceptors (Lipinski definition) is 21. The summed E-state index contributed by atoms with van der Waals surface area (Å²) in [6, 6.07) is 33.2. The Kier molecular flexibility index (Phi) is 130. The predicted molar refractivity (Wildman–Crippen MR) is 498 cm³/mol. The molecular formula is C93H161N19OS. The minimum Gasteiger partial charge on any atom is -0.493 e. The molecule has 3 aliphatic heterocycles. The van der Waals surface area contributed by atoms with Crippen molar-refractivity contribution >= 4 is 17.4 Å². The van der Waals surface area contributed by atoms with E-state index in [9.17, 15) is 0 Å². The Bertz CT molecular complexity index is 2720. The maximum Gasteiger partial charge on any atom is 0.138 e. The molecule has 640 valence electrons. The van der Waals surface area contributed by atoms with Crippen molar-refractivity contribution in [1.82, 2.24) is 90.4 Å². The average Bonchev–Trinajstić information content (AvgIpc) is 0.884. The van der Waals surface area contributed by atoms with Gasteiger partial charge in [-0.25, -0.2) is 44.9 Å². The van der Waals surface area contributed by atoms with E-state index in [0.29, 0.717) is 0 Å². The second-order valence-electron chi connectivity index (χ2n) is 18.5. The van der Waals surface area contributed by atoms with Crippen molar-refractivity contribution in [3.63, 3.8) is 0 Å². The first-order chi connectivity index (χ1) is 56.0. The van der Waals surface area contributed by atoms with Gasteiger partial charge in [0, 0.05) is 78.6 Å². The molecule has 11 aromatic rings. The molecule has 0 radical (unpaired) electrons. The Hall–Kier alpha value is -9.89. The summed E-state index contributed by atoms with van der Waals surface area (Å²) in [5.74, 6) is 3.14. The zero-order valence-electron chi connectivity index (χ0n) is 78.4. The third-order valence-corrected chi connectivity index (χ3v) is 12.3. The Labute approximate surface area is 702 Å². The van der Waals surface area contributed by atoms with Crippen LogP contribution in [0.3, 0.4) is 0 Å². The van der Waals surface area contributed by atoms with Crippen molar-refractivity contribution in [2.24, 2.45) is 0 Å². The van der Waals surface area contributed by atoms with Crippen LogP contribution in [0.1, 0.15) is 275 Å². The zero-order chi connectivity index (χ0) is 89.3. The fraction of sp³-hybridized carbons (Fsp3) is 0.484. The topological polar surface area (TPSA) is 253 Å². The van der Waals surface area contributed by atoms with Gasteiger partial charge in [-0.05, 0) is 176 Å². The quantitative estimate of drug-likeness (QED) is 0.148. The molecule has 21 heteroatoms. The number of nitrogens with one attached hydrogen (secondary N) is 1. The third-order valence-electron chi connectivity index (χ3n) is 11.1. The number of anilines is 1. The van der Waals surface area contributed by atoms with Gasteiger partial charge in [0.2, 0.25) is 0 Å². The lowest BCUT2D eigenvalue weighted by atomic mass is 10.0. The Morgan fingerprint density at radius 2 is 0.781 bits per heavy atom. The molecule has 0 saturated carbocycles. The van der Waals surface area contributed by atoms with Crippen LogP contribution in [0.2, 0.25) is 0 Å². The van der Waals surface area contributed by atoms with Gasteiger partial charge >= 0.3 is 0 Å². The Morgan fingerprint density at radius 1 is 0.298 bits per heavy atom. The molecule has 0 saturated heterocycles. The first-order valence-electron chi connectivity index (χ1n) is 41.8. The molecule has 3 aromatic carbocycles. The molecule has 0 spiro atoms. The van der Waals surface area contributed by atoms with Crippen molar-refractivity contribution < 1.29 is 4.74 Å². The van der Waals surface area contributed by atoms with Crippen LogP contribution in [-0.2, 0) is 19.3 Å². The molecule has 0 atom stereocenters. The number of fused-ring (bicyclic) bond motifs is 3. The maximum atomic E-state index is 5.42. The number of pyridine rings is 1. The highest BCUT2D eigenvalue weighted by atomic mass is 32.2. The van der Waals surface area contributed by atoms with E-state index >= 15 is 0 Å². The fourth-order valence-corrected chi connectivity index (χ4v) is 7.84. The van der Waals surface area contributed by atoms with Crippen LogP contribution >= 0.6 is 11.8 Å². The predicted octanol–water partition coefficient (Wildman–Crippen LogP) is 26.2. The van der Waals surface area contributed by atoms with Crippen LogP contribution < -0.4 is 10.1 Å². The van der Waals surface area contributed by atoms with Gasteiger partial charge in [-0.3, -0.25) is 15.0 Å². The SMILES string of the molecule is CC.CC.CC.CC.CC.CC.CC.CC.CC.CC.CC.CC.CC.CC.Cc1ccncc1.Cc1ccncn1.Cc1ccnnc1.Cc1cnccn1.Cc1cncnc1.Cc1cncnn1.Cc1cnncn1.Cc1ncncn1.c1ccc2c(c1)CCCN2.c1ccc2c(c1)CCCO2.c1ccc2c(c1)CCCS2. The molecule has 114 heavy (non-hydrogen) atoms. The van der Waals surface area contributed by atoms with Gasteiger partial charge < -0.3 is 10.1 Å². The van der Waals surface area contributed by atoms with Gasteiger partial charge in [0.05, 0.1) is 42.3 Å². The molecule has 0 fully saturated rings. The van der Waals surface area contributed by atoms with Gasteiger partial charge in [0.1, 0.15) is 49.5 Å². The van der Waals surface area contributed by atoms with Crippen LogP contribution in [0, 0.1) is 55.4 Å². The molecule has 20 nitrogen and oxygen atoms in total. The lowest BCUT2D eigenvalue weighted by Gasteiger charge is -2.16. The first kappa shape index (κ1) is 128. The van der Waals surface area contributed by atoms with E-state index in [1.165, 1.54) is 103 Å². The summed E-state index contributed by atoms with van der Waals surface area (Å²) in [5, 5.41) is 24.8. The molecule has 0 aliphatic carbocycles. The number of aromatic nitrogens is 18. The van der Waals surface area contributed by atoms with Gasteiger partial charge in [-0.1, -0.05) is 248 Å². The second kappa shape index (κ2) is 116. The average molecular weight is 1590 g/mol. The molecule has 0 amide bonds. The van der Waals surface area contributed by atoms with Crippen LogP contribution in [0.25, 0.3) is 0 Å². The monoisotopic (exact) mass is 1590 g/mol.